The molecule has 1 N–H and O–H groups in total. The monoisotopic (exact) mass is 170 g/mol. The Kier molecular flexibility index (Phi) is 2.47. The second-order valence-corrected chi connectivity index (χ2v) is 2.63. The number of rotatable bonds is 3. The summed E-state index contributed by atoms with van der Waals surface area (Å²) >= 11 is 0. The Labute approximate surface area is 69.8 Å². The lowest BCUT2D eigenvalue weighted by molar-refractivity contribution is -0.134. The number of ether oxygens (including phenoxy) is 1. The topological polar surface area (TPSA) is 63.6 Å². The molecule has 0 bridgehead atoms. The summed E-state index contributed by atoms with van der Waals surface area (Å²) in [4.78, 5) is 21.1. The van der Waals surface area contributed by atoms with Gasteiger partial charge in [-0.25, -0.2) is 4.79 Å². The second kappa shape index (κ2) is 3.38. The molecule has 0 unspecified atom stereocenters. The number of hydrogen-bond acceptors (Lipinski definition) is 3. The first kappa shape index (κ1) is 8.77. The molecule has 0 heterocycles. The van der Waals surface area contributed by atoms with Crippen LogP contribution >= 0.6 is 0 Å². The Hall–Kier alpha value is -1.32. The molecular weight excluding hydrogens is 160 g/mol. The van der Waals surface area contributed by atoms with Crippen molar-refractivity contribution in [2.24, 2.45) is 5.92 Å². The third kappa shape index (κ3) is 1.32. The SMILES string of the molecule is COC1=C(C(=O)O)[C@@H](C=O)CC1. The van der Waals surface area contributed by atoms with Crippen molar-refractivity contribution in [2.45, 2.75) is 12.8 Å². The average Bonchev–Trinajstić information content (AvgIpc) is 2.46. The molecule has 1 aliphatic carbocycles. The molecule has 12 heavy (non-hydrogen) atoms. The molecule has 0 amide bonds. The number of aldehydes is 1. The summed E-state index contributed by atoms with van der Waals surface area (Å²) in [5.41, 5.74) is 0.118. The minimum Gasteiger partial charge on any atom is -0.501 e. The first-order chi connectivity index (χ1) is 5.70. The van der Waals surface area contributed by atoms with E-state index in [9.17, 15) is 9.59 Å². The van der Waals surface area contributed by atoms with Crippen LogP contribution in [0.3, 0.4) is 0 Å². The van der Waals surface area contributed by atoms with Crippen molar-refractivity contribution in [2.75, 3.05) is 7.11 Å². The van der Waals surface area contributed by atoms with E-state index >= 15 is 0 Å². The zero-order chi connectivity index (χ0) is 9.14. The van der Waals surface area contributed by atoms with Crippen LogP contribution in [0.2, 0.25) is 0 Å². The lowest BCUT2D eigenvalue weighted by Crippen LogP contribution is -2.11. The van der Waals surface area contributed by atoms with Gasteiger partial charge in [0.15, 0.2) is 0 Å². The summed E-state index contributed by atoms with van der Waals surface area (Å²) in [7, 11) is 1.42. The third-order valence-corrected chi connectivity index (χ3v) is 1.99. The molecule has 0 spiro atoms. The zero-order valence-corrected chi connectivity index (χ0v) is 6.74. The Morgan fingerprint density at radius 2 is 2.42 bits per heavy atom. The number of carbonyl (C=O) groups excluding carboxylic acids is 1. The second-order valence-electron chi connectivity index (χ2n) is 2.63. The fourth-order valence-corrected chi connectivity index (χ4v) is 1.40. The molecule has 0 saturated carbocycles. The quantitative estimate of drug-likeness (QED) is 0.629. The van der Waals surface area contributed by atoms with Gasteiger partial charge in [-0.05, 0) is 6.42 Å². The molecule has 0 saturated heterocycles. The van der Waals surface area contributed by atoms with Crippen LogP contribution < -0.4 is 0 Å². The number of carboxylic acid groups (broad SMARTS) is 1. The Morgan fingerprint density at radius 1 is 1.75 bits per heavy atom. The van der Waals surface area contributed by atoms with E-state index in [4.69, 9.17) is 9.84 Å². The molecular formula is C8H10O4. The van der Waals surface area contributed by atoms with Crippen molar-refractivity contribution < 1.29 is 19.4 Å². The molecule has 4 nitrogen and oxygen atoms in total. The Morgan fingerprint density at radius 3 is 2.83 bits per heavy atom. The van der Waals surface area contributed by atoms with Crippen LogP contribution in [0, 0.1) is 5.92 Å². The molecule has 0 fully saturated rings. The fourth-order valence-electron chi connectivity index (χ4n) is 1.40. The van der Waals surface area contributed by atoms with Gasteiger partial charge in [-0.15, -0.1) is 0 Å². The van der Waals surface area contributed by atoms with Gasteiger partial charge in [0.1, 0.15) is 12.0 Å². The fraction of sp³-hybridized carbons (Fsp3) is 0.500. The van der Waals surface area contributed by atoms with E-state index in [0.717, 1.165) is 0 Å². The lowest BCUT2D eigenvalue weighted by atomic mass is 10.0. The summed E-state index contributed by atoms with van der Waals surface area (Å²) < 4.78 is 4.86. The molecule has 0 aromatic heterocycles. The lowest BCUT2D eigenvalue weighted by Gasteiger charge is -2.03. The summed E-state index contributed by atoms with van der Waals surface area (Å²) in [6.45, 7) is 0. The van der Waals surface area contributed by atoms with E-state index in [1.54, 1.807) is 0 Å². The maximum atomic E-state index is 10.6. The van der Waals surface area contributed by atoms with Gasteiger partial charge >= 0.3 is 5.97 Å². The zero-order valence-electron chi connectivity index (χ0n) is 6.74. The van der Waals surface area contributed by atoms with Crippen molar-refractivity contribution in [1.82, 2.24) is 0 Å². The van der Waals surface area contributed by atoms with E-state index in [1.807, 2.05) is 0 Å². The van der Waals surface area contributed by atoms with Crippen molar-refractivity contribution in [3.63, 3.8) is 0 Å². The van der Waals surface area contributed by atoms with Gasteiger partial charge in [-0.2, -0.15) is 0 Å². The van der Waals surface area contributed by atoms with Crippen LogP contribution in [0.25, 0.3) is 0 Å². The number of allylic oxidation sites excluding steroid dienone is 1. The molecule has 1 atom stereocenters. The predicted molar refractivity (Wildman–Crippen MR) is 40.5 cm³/mol. The largest absolute Gasteiger partial charge is 0.501 e. The predicted octanol–water partition coefficient (Wildman–Crippen LogP) is 0.580. The molecule has 1 rings (SSSR count). The number of carboxylic acids is 1. The first-order valence-electron chi connectivity index (χ1n) is 3.66. The molecule has 66 valence electrons. The summed E-state index contributed by atoms with van der Waals surface area (Å²) in [6, 6.07) is 0. The van der Waals surface area contributed by atoms with Crippen LogP contribution in [-0.2, 0) is 14.3 Å². The van der Waals surface area contributed by atoms with Crippen LogP contribution in [0.5, 0.6) is 0 Å². The number of hydrogen-bond donors (Lipinski definition) is 1. The minimum absolute atomic E-state index is 0.118. The molecule has 0 aromatic rings. The standard InChI is InChI=1S/C8H10O4/c1-12-6-3-2-5(4-9)7(6)8(10)11/h4-5H,2-3H2,1H3,(H,10,11)/t5-/m1/s1. The van der Waals surface area contributed by atoms with Crippen LogP contribution in [0.1, 0.15) is 12.8 Å². The number of methoxy groups -OCH3 is 1. The summed E-state index contributed by atoms with van der Waals surface area (Å²) in [5.74, 6) is -1.11. The molecule has 0 aromatic carbocycles. The van der Waals surface area contributed by atoms with Gasteiger partial charge in [-0.1, -0.05) is 0 Å². The van der Waals surface area contributed by atoms with Crippen molar-refractivity contribution in [1.29, 1.82) is 0 Å². The van der Waals surface area contributed by atoms with Gasteiger partial charge in [0, 0.05) is 6.42 Å². The molecule has 4 heteroatoms. The van der Waals surface area contributed by atoms with Crippen LogP contribution in [0.15, 0.2) is 11.3 Å². The van der Waals surface area contributed by atoms with Gasteiger partial charge < -0.3 is 14.6 Å². The van der Waals surface area contributed by atoms with E-state index in [0.29, 0.717) is 24.9 Å². The summed E-state index contributed by atoms with van der Waals surface area (Å²) in [5, 5.41) is 8.72. The highest BCUT2D eigenvalue weighted by molar-refractivity contribution is 5.92. The van der Waals surface area contributed by atoms with E-state index in [2.05, 4.69) is 0 Å². The van der Waals surface area contributed by atoms with Gasteiger partial charge in [0.25, 0.3) is 0 Å². The Bertz CT molecular complexity index is 241. The smallest absolute Gasteiger partial charge is 0.335 e. The van der Waals surface area contributed by atoms with E-state index in [-0.39, 0.29) is 5.57 Å². The van der Waals surface area contributed by atoms with E-state index < -0.39 is 11.9 Å². The molecule has 0 radical (unpaired) electrons. The molecule has 0 aliphatic heterocycles. The highest BCUT2D eigenvalue weighted by atomic mass is 16.5. The van der Waals surface area contributed by atoms with Gasteiger partial charge in [0.05, 0.1) is 18.6 Å². The highest BCUT2D eigenvalue weighted by Gasteiger charge is 2.30. The first-order valence-corrected chi connectivity index (χ1v) is 3.66. The maximum absolute atomic E-state index is 10.6. The van der Waals surface area contributed by atoms with Crippen LogP contribution in [0.4, 0.5) is 0 Å². The van der Waals surface area contributed by atoms with Crippen molar-refractivity contribution >= 4 is 12.3 Å². The van der Waals surface area contributed by atoms with Gasteiger partial charge in [0.2, 0.25) is 0 Å². The highest BCUT2D eigenvalue weighted by Crippen LogP contribution is 2.30. The Balaban J connectivity index is 2.96. The minimum atomic E-state index is -1.05. The third-order valence-electron chi connectivity index (χ3n) is 1.99. The van der Waals surface area contributed by atoms with Crippen molar-refractivity contribution in [3.8, 4) is 0 Å². The average molecular weight is 170 g/mol. The maximum Gasteiger partial charge on any atom is 0.335 e. The number of carbonyl (C=O) groups is 2. The van der Waals surface area contributed by atoms with Crippen molar-refractivity contribution in [3.05, 3.63) is 11.3 Å². The summed E-state index contributed by atoms with van der Waals surface area (Å²) in [6.07, 6.45) is 1.76. The normalized spacial score (nSPS) is 22.6. The van der Waals surface area contributed by atoms with Crippen LogP contribution in [-0.4, -0.2) is 24.5 Å². The number of aliphatic carboxylic acids is 1. The molecule has 1 aliphatic rings. The van der Waals surface area contributed by atoms with E-state index in [1.165, 1.54) is 7.11 Å². The van der Waals surface area contributed by atoms with Gasteiger partial charge in [-0.3, -0.25) is 0 Å².